The molecule has 0 saturated carbocycles. The first-order chi connectivity index (χ1) is 14.1. The largest absolute Gasteiger partial charge is 0.497 e. The van der Waals surface area contributed by atoms with Crippen molar-refractivity contribution in [1.29, 1.82) is 0 Å². The van der Waals surface area contributed by atoms with Crippen LogP contribution < -0.4 is 9.47 Å². The number of fused-ring (bicyclic) bond motifs is 1. The van der Waals surface area contributed by atoms with Crippen molar-refractivity contribution in [2.24, 2.45) is 0 Å². The Morgan fingerprint density at radius 2 is 1.86 bits per heavy atom. The Kier molecular flexibility index (Phi) is 5.01. The van der Waals surface area contributed by atoms with Gasteiger partial charge >= 0.3 is 0 Å². The molecule has 0 radical (unpaired) electrons. The van der Waals surface area contributed by atoms with Crippen molar-refractivity contribution in [3.8, 4) is 22.8 Å². The topological polar surface area (TPSA) is 67.5 Å². The van der Waals surface area contributed by atoms with Crippen molar-refractivity contribution in [3.63, 3.8) is 0 Å². The lowest BCUT2D eigenvalue weighted by atomic mass is 9.95. The van der Waals surface area contributed by atoms with Gasteiger partial charge in [-0.1, -0.05) is 36.8 Å². The van der Waals surface area contributed by atoms with Crippen LogP contribution in [-0.2, 0) is 0 Å². The van der Waals surface area contributed by atoms with Crippen LogP contribution >= 0.6 is 0 Å². The number of benzene rings is 2. The van der Waals surface area contributed by atoms with E-state index in [1.165, 1.54) is 5.56 Å². The Bertz CT molecular complexity index is 1040. The molecule has 0 saturated heterocycles. The number of amides is 1. The summed E-state index contributed by atoms with van der Waals surface area (Å²) in [7, 11) is 3.28. The number of methoxy groups -OCH3 is 2. The third-order valence-electron chi connectivity index (χ3n) is 5.38. The highest BCUT2D eigenvalue weighted by Gasteiger charge is 2.43. The Balaban J connectivity index is 1.93. The minimum atomic E-state index is -0.294. The van der Waals surface area contributed by atoms with Gasteiger partial charge in [-0.2, -0.15) is 5.10 Å². The van der Waals surface area contributed by atoms with Crippen molar-refractivity contribution in [2.45, 2.75) is 26.3 Å². The van der Waals surface area contributed by atoms with Crippen molar-refractivity contribution in [2.75, 3.05) is 20.8 Å². The Morgan fingerprint density at radius 3 is 2.52 bits per heavy atom. The Morgan fingerprint density at radius 1 is 1.10 bits per heavy atom. The van der Waals surface area contributed by atoms with Gasteiger partial charge in [-0.05, 0) is 31.5 Å². The molecule has 6 nitrogen and oxygen atoms in total. The second-order valence-corrected chi connectivity index (χ2v) is 7.24. The minimum Gasteiger partial charge on any atom is -0.497 e. The van der Waals surface area contributed by atoms with Gasteiger partial charge in [0.15, 0.2) is 0 Å². The van der Waals surface area contributed by atoms with Crippen LogP contribution in [0.4, 0.5) is 0 Å². The van der Waals surface area contributed by atoms with Gasteiger partial charge in [-0.3, -0.25) is 9.89 Å². The number of rotatable bonds is 6. The van der Waals surface area contributed by atoms with Crippen LogP contribution in [0.15, 0.2) is 42.5 Å². The van der Waals surface area contributed by atoms with E-state index in [1.54, 1.807) is 14.2 Å². The maximum atomic E-state index is 13.2. The summed E-state index contributed by atoms with van der Waals surface area (Å²) in [5.41, 5.74) is 5.27. The first-order valence-electron chi connectivity index (χ1n) is 9.77. The molecule has 1 aliphatic rings. The van der Waals surface area contributed by atoms with Crippen molar-refractivity contribution in [1.82, 2.24) is 15.1 Å². The molecule has 1 N–H and O–H groups in total. The number of hydrogen-bond donors (Lipinski definition) is 1. The van der Waals surface area contributed by atoms with E-state index in [1.807, 2.05) is 35.2 Å². The molecule has 4 rings (SSSR count). The molecule has 1 amide bonds. The van der Waals surface area contributed by atoms with Crippen LogP contribution in [0.3, 0.4) is 0 Å². The van der Waals surface area contributed by atoms with E-state index in [0.29, 0.717) is 18.0 Å². The molecule has 0 spiro atoms. The number of aryl methyl sites for hydroxylation is 1. The maximum Gasteiger partial charge on any atom is 0.273 e. The number of hydrogen-bond acceptors (Lipinski definition) is 4. The average Bonchev–Trinajstić information content (AvgIpc) is 3.28. The average molecular weight is 391 g/mol. The van der Waals surface area contributed by atoms with Crippen LogP contribution in [0.25, 0.3) is 11.3 Å². The molecule has 0 bridgehead atoms. The summed E-state index contributed by atoms with van der Waals surface area (Å²) in [6.07, 6.45) is 0.853. The highest BCUT2D eigenvalue weighted by atomic mass is 16.5. The summed E-state index contributed by atoms with van der Waals surface area (Å²) in [5, 5.41) is 7.50. The summed E-state index contributed by atoms with van der Waals surface area (Å²) >= 11 is 0. The molecule has 6 heteroatoms. The highest BCUT2D eigenvalue weighted by molar-refractivity contribution is 6.00. The lowest BCUT2D eigenvalue weighted by molar-refractivity contribution is 0.0742. The lowest BCUT2D eigenvalue weighted by Crippen LogP contribution is -2.30. The van der Waals surface area contributed by atoms with Gasteiger partial charge in [0.05, 0.1) is 26.0 Å². The fraction of sp³-hybridized carbons (Fsp3) is 0.304. The number of nitrogens with one attached hydrogen (secondary N) is 1. The van der Waals surface area contributed by atoms with E-state index in [4.69, 9.17) is 9.47 Å². The molecule has 1 unspecified atom stereocenters. The van der Waals surface area contributed by atoms with Crippen molar-refractivity contribution in [3.05, 3.63) is 64.8 Å². The van der Waals surface area contributed by atoms with Crippen molar-refractivity contribution >= 4 is 5.91 Å². The predicted molar refractivity (Wildman–Crippen MR) is 111 cm³/mol. The zero-order valence-electron chi connectivity index (χ0n) is 17.2. The lowest BCUT2D eigenvalue weighted by Gasteiger charge is -2.27. The van der Waals surface area contributed by atoms with Gasteiger partial charge in [-0.15, -0.1) is 0 Å². The predicted octanol–water partition coefficient (Wildman–Crippen LogP) is 4.36. The fourth-order valence-corrected chi connectivity index (χ4v) is 3.98. The molecule has 1 aromatic heterocycles. The van der Waals surface area contributed by atoms with E-state index in [9.17, 15) is 4.79 Å². The zero-order chi connectivity index (χ0) is 20.5. The van der Waals surface area contributed by atoms with Crippen LogP contribution in [-0.4, -0.2) is 41.8 Å². The van der Waals surface area contributed by atoms with Gasteiger partial charge in [0.1, 0.15) is 17.2 Å². The van der Waals surface area contributed by atoms with Crippen LogP contribution in [0.1, 0.15) is 46.6 Å². The first kappa shape index (κ1) is 19.1. The molecular formula is C23H25N3O3. The molecule has 2 aromatic carbocycles. The molecule has 3 aromatic rings. The monoisotopic (exact) mass is 391 g/mol. The number of carbonyl (C=O) groups is 1. The third kappa shape index (κ3) is 3.14. The second-order valence-electron chi connectivity index (χ2n) is 7.24. The number of H-pyrrole nitrogens is 1. The van der Waals surface area contributed by atoms with Gasteiger partial charge in [-0.25, -0.2) is 0 Å². The number of aromatic nitrogens is 2. The minimum absolute atomic E-state index is 0.0393. The van der Waals surface area contributed by atoms with Crippen LogP contribution in [0.5, 0.6) is 11.5 Å². The summed E-state index contributed by atoms with van der Waals surface area (Å²) in [4.78, 5) is 15.1. The Labute approximate surface area is 170 Å². The van der Waals surface area contributed by atoms with Gasteiger partial charge < -0.3 is 14.4 Å². The molecule has 150 valence electrons. The van der Waals surface area contributed by atoms with Crippen LogP contribution in [0.2, 0.25) is 0 Å². The molecule has 0 aliphatic carbocycles. The van der Waals surface area contributed by atoms with E-state index in [2.05, 4.69) is 36.2 Å². The molecule has 1 aliphatic heterocycles. The molecule has 0 fully saturated rings. The summed E-state index contributed by atoms with van der Waals surface area (Å²) in [5.74, 6) is 1.40. The number of ether oxygens (including phenoxy) is 2. The normalized spacial score (nSPS) is 15.5. The summed E-state index contributed by atoms with van der Waals surface area (Å²) < 4.78 is 11.1. The Hall–Kier alpha value is -3.28. The molecule has 1 atom stereocenters. The second kappa shape index (κ2) is 7.62. The number of carbonyl (C=O) groups excluding carboxylic acids is 1. The standard InChI is InChI=1S/C23H25N3O3/c1-5-12-26-22(17-13-16(28-3)10-11-18(17)29-4)19-20(24-25-21(19)23(26)27)15-8-6-14(2)7-9-15/h6-11,13,22H,5,12H2,1-4H3,(H,24,25). The van der Waals surface area contributed by atoms with E-state index < -0.39 is 0 Å². The number of aromatic amines is 1. The summed E-state index contributed by atoms with van der Waals surface area (Å²) in [6.45, 7) is 4.76. The molecular weight excluding hydrogens is 366 g/mol. The van der Waals surface area contributed by atoms with E-state index in [0.717, 1.165) is 34.6 Å². The third-order valence-corrected chi connectivity index (χ3v) is 5.38. The van der Waals surface area contributed by atoms with Gasteiger partial charge in [0.25, 0.3) is 5.91 Å². The SMILES string of the molecule is CCCN1C(=O)c2[nH]nc(-c3ccc(C)cc3)c2C1c1cc(OC)ccc1OC. The number of nitrogens with zero attached hydrogens (tertiary/aromatic N) is 2. The maximum absolute atomic E-state index is 13.2. The fourth-order valence-electron chi connectivity index (χ4n) is 3.98. The molecule has 2 heterocycles. The highest BCUT2D eigenvalue weighted by Crippen LogP contribution is 2.46. The first-order valence-corrected chi connectivity index (χ1v) is 9.77. The van der Waals surface area contributed by atoms with Crippen molar-refractivity contribution < 1.29 is 14.3 Å². The summed E-state index contributed by atoms with van der Waals surface area (Å²) in [6, 6.07) is 13.6. The van der Waals surface area contributed by atoms with Crippen LogP contribution in [0, 0.1) is 6.92 Å². The van der Waals surface area contributed by atoms with Gasteiger partial charge in [0.2, 0.25) is 0 Å². The van der Waals surface area contributed by atoms with E-state index in [-0.39, 0.29) is 11.9 Å². The van der Waals surface area contributed by atoms with E-state index >= 15 is 0 Å². The quantitative estimate of drug-likeness (QED) is 0.678. The molecule has 29 heavy (non-hydrogen) atoms. The zero-order valence-corrected chi connectivity index (χ0v) is 17.2. The van der Waals surface area contributed by atoms with Gasteiger partial charge in [0, 0.05) is 23.2 Å². The smallest absolute Gasteiger partial charge is 0.273 e.